The molecule has 3 aliphatic carbocycles. The number of carbonyl (C=O) groups is 1. The molecule has 1 heterocycles. The van der Waals surface area contributed by atoms with E-state index in [1.807, 2.05) is 0 Å². The van der Waals surface area contributed by atoms with Crippen molar-refractivity contribution in [2.24, 2.45) is 17.8 Å². The second-order valence-corrected chi connectivity index (χ2v) is 10.2. The highest BCUT2D eigenvalue weighted by molar-refractivity contribution is 5.73. The van der Waals surface area contributed by atoms with Crippen molar-refractivity contribution in [2.45, 2.75) is 76.2 Å². The van der Waals surface area contributed by atoms with Crippen LogP contribution in [0.3, 0.4) is 0 Å². The quantitative estimate of drug-likeness (QED) is 0.763. The van der Waals surface area contributed by atoms with Crippen molar-refractivity contribution in [3.8, 4) is 0 Å². The molecule has 1 saturated heterocycles. The SMILES string of the molecule is CC(=O)N[C@H]1CCC2(CCN(CCC3CC4CCC3C4)CC2)c2ccccc21.[HH].[HH]. The molecule has 1 spiro atoms. The maximum absolute atomic E-state index is 11.6. The van der Waals surface area contributed by atoms with Gasteiger partial charge in [0.15, 0.2) is 0 Å². The molecule has 2 bridgehead atoms. The van der Waals surface area contributed by atoms with Gasteiger partial charge in [-0.3, -0.25) is 4.79 Å². The van der Waals surface area contributed by atoms with Crippen molar-refractivity contribution in [2.75, 3.05) is 19.6 Å². The zero-order valence-electron chi connectivity index (χ0n) is 17.5. The van der Waals surface area contributed by atoms with Gasteiger partial charge in [-0.2, -0.15) is 0 Å². The van der Waals surface area contributed by atoms with Crippen molar-refractivity contribution in [1.29, 1.82) is 0 Å². The summed E-state index contributed by atoms with van der Waals surface area (Å²) in [6, 6.07) is 9.12. The van der Waals surface area contributed by atoms with Gasteiger partial charge in [-0.15, -0.1) is 0 Å². The van der Waals surface area contributed by atoms with Crippen molar-refractivity contribution in [1.82, 2.24) is 10.2 Å². The maximum Gasteiger partial charge on any atom is 0.217 e. The molecule has 0 radical (unpaired) electrons. The molecule has 3 fully saturated rings. The third-order valence-electron chi connectivity index (χ3n) is 8.71. The largest absolute Gasteiger partial charge is 0.350 e. The first kappa shape index (κ1) is 18.7. The Kier molecular flexibility index (Phi) is 4.99. The minimum Gasteiger partial charge on any atom is -0.350 e. The Balaban J connectivity index is 0.00000128. The van der Waals surface area contributed by atoms with E-state index in [0.717, 1.165) is 24.2 Å². The summed E-state index contributed by atoms with van der Waals surface area (Å²) in [6.07, 6.45) is 12.4. The molecule has 4 aliphatic rings. The van der Waals surface area contributed by atoms with Gasteiger partial charge in [0.2, 0.25) is 5.91 Å². The van der Waals surface area contributed by atoms with Gasteiger partial charge in [-0.05, 0) is 105 Å². The number of piperidine rings is 1. The number of hydrogen-bond donors (Lipinski definition) is 1. The molecule has 4 atom stereocenters. The van der Waals surface area contributed by atoms with Crippen LogP contribution in [0.25, 0.3) is 0 Å². The number of amides is 1. The summed E-state index contributed by atoms with van der Waals surface area (Å²) in [5.74, 6) is 3.27. The number of fused-ring (bicyclic) bond motifs is 4. The van der Waals surface area contributed by atoms with E-state index in [-0.39, 0.29) is 14.8 Å². The molecule has 0 aromatic heterocycles. The first-order valence-corrected chi connectivity index (χ1v) is 11.7. The van der Waals surface area contributed by atoms with Crippen molar-refractivity contribution < 1.29 is 7.65 Å². The third-order valence-corrected chi connectivity index (χ3v) is 8.71. The average molecular weight is 385 g/mol. The summed E-state index contributed by atoms with van der Waals surface area (Å²) in [7, 11) is 0. The molecule has 1 amide bonds. The molecule has 156 valence electrons. The highest BCUT2D eigenvalue weighted by atomic mass is 16.1. The monoisotopic (exact) mass is 384 g/mol. The molecule has 1 N–H and O–H groups in total. The van der Waals surface area contributed by atoms with Crippen LogP contribution in [0.5, 0.6) is 0 Å². The van der Waals surface area contributed by atoms with E-state index in [2.05, 4.69) is 34.5 Å². The normalized spacial score (nSPS) is 33.8. The van der Waals surface area contributed by atoms with Gasteiger partial charge < -0.3 is 10.2 Å². The van der Waals surface area contributed by atoms with Crippen molar-refractivity contribution in [3.05, 3.63) is 35.4 Å². The molecule has 1 aromatic carbocycles. The van der Waals surface area contributed by atoms with E-state index in [4.69, 9.17) is 0 Å². The van der Waals surface area contributed by atoms with Gasteiger partial charge in [-0.1, -0.05) is 30.7 Å². The molecule has 5 rings (SSSR count). The lowest BCUT2D eigenvalue weighted by molar-refractivity contribution is -0.119. The molecule has 3 unspecified atom stereocenters. The minimum absolute atomic E-state index is 0. The van der Waals surface area contributed by atoms with Crippen molar-refractivity contribution >= 4 is 5.91 Å². The van der Waals surface area contributed by atoms with Crippen molar-refractivity contribution in [3.63, 3.8) is 0 Å². The lowest BCUT2D eigenvalue weighted by Crippen LogP contribution is -2.46. The zero-order valence-corrected chi connectivity index (χ0v) is 17.5. The van der Waals surface area contributed by atoms with Crippen LogP contribution in [0, 0.1) is 17.8 Å². The highest BCUT2D eigenvalue weighted by Gasteiger charge is 2.43. The Morgan fingerprint density at radius 1 is 1.14 bits per heavy atom. The Labute approximate surface area is 173 Å². The van der Waals surface area contributed by atoms with Gasteiger partial charge in [0.1, 0.15) is 0 Å². The number of nitrogens with zero attached hydrogens (tertiary/aromatic N) is 1. The summed E-state index contributed by atoms with van der Waals surface area (Å²) in [5.41, 5.74) is 3.24. The summed E-state index contributed by atoms with van der Waals surface area (Å²) in [5, 5.41) is 3.18. The molecule has 1 aromatic rings. The first-order valence-electron chi connectivity index (χ1n) is 11.7. The van der Waals surface area contributed by atoms with Gasteiger partial charge in [0, 0.05) is 9.78 Å². The fourth-order valence-corrected chi connectivity index (χ4v) is 7.19. The molecule has 3 heteroatoms. The summed E-state index contributed by atoms with van der Waals surface area (Å²) in [4.78, 5) is 14.4. The Morgan fingerprint density at radius 3 is 2.68 bits per heavy atom. The van der Waals surface area contributed by atoms with Crippen LogP contribution in [0.1, 0.15) is 84.7 Å². The smallest absolute Gasteiger partial charge is 0.217 e. The number of likely N-dealkylation sites (tertiary alicyclic amines) is 1. The Hall–Kier alpha value is -1.35. The summed E-state index contributed by atoms with van der Waals surface area (Å²) < 4.78 is 0. The summed E-state index contributed by atoms with van der Waals surface area (Å²) >= 11 is 0. The van der Waals surface area contributed by atoms with E-state index in [1.165, 1.54) is 75.7 Å². The average Bonchev–Trinajstić information content (AvgIpc) is 3.33. The van der Waals surface area contributed by atoms with E-state index in [1.54, 1.807) is 13.3 Å². The lowest BCUT2D eigenvalue weighted by Gasteiger charge is -2.47. The Morgan fingerprint density at radius 2 is 1.96 bits per heavy atom. The molecule has 28 heavy (non-hydrogen) atoms. The molecule has 1 aliphatic heterocycles. The predicted molar refractivity (Wildman–Crippen MR) is 117 cm³/mol. The maximum atomic E-state index is 11.6. The van der Waals surface area contributed by atoms with Gasteiger partial charge >= 0.3 is 0 Å². The standard InChI is InChI=1S/C25H36N2O.2H2/c1-18(28)26-24-8-10-25(23-5-3-2-4-22(23)24)11-14-27(15-12-25)13-9-21-17-19-6-7-20(21)16-19;;/h2-5,19-21,24H,6-17H2,1H3,(H,26,28);2*1H/t19?,20?,21?,24-;;/m0../s1. The summed E-state index contributed by atoms with van der Waals surface area (Å²) in [6.45, 7) is 5.46. The second kappa shape index (κ2) is 7.48. The van der Waals surface area contributed by atoms with Crippen LogP contribution < -0.4 is 5.32 Å². The fraction of sp³-hybridized carbons (Fsp3) is 0.720. The second-order valence-electron chi connectivity index (χ2n) is 10.2. The van der Waals surface area contributed by atoms with Crippen LogP contribution in [0.4, 0.5) is 0 Å². The van der Waals surface area contributed by atoms with E-state index in [0.29, 0.717) is 5.41 Å². The molecular weight excluding hydrogens is 344 g/mol. The van der Waals surface area contributed by atoms with Gasteiger partial charge in [-0.25, -0.2) is 0 Å². The van der Waals surface area contributed by atoms with Crippen LogP contribution in [-0.4, -0.2) is 30.4 Å². The zero-order chi connectivity index (χ0) is 19.1. The fourth-order valence-electron chi connectivity index (χ4n) is 7.19. The molecule has 2 saturated carbocycles. The number of hydrogen-bond acceptors (Lipinski definition) is 2. The van der Waals surface area contributed by atoms with Gasteiger partial charge in [0.05, 0.1) is 6.04 Å². The van der Waals surface area contributed by atoms with Crippen LogP contribution in [0.2, 0.25) is 0 Å². The van der Waals surface area contributed by atoms with Crippen LogP contribution in [0.15, 0.2) is 24.3 Å². The number of nitrogens with one attached hydrogen (secondary N) is 1. The van der Waals surface area contributed by atoms with Crippen LogP contribution in [-0.2, 0) is 10.2 Å². The number of carbonyl (C=O) groups excluding carboxylic acids is 1. The van der Waals surface area contributed by atoms with Crippen LogP contribution >= 0.6 is 0 Å². The lowest BCUT2D eigenvalue weighted by atomic mass is 9.63. The first-order chi connectivity index (χ1) is 13.6. The third kappa shape index (κ3) is 3.40. The van der Waals surface area contributed by atoms with E-state index >= 15 is 0 Å². The van der Waals surface area contributed by atoms with E-state index < -0.39 is 0 Å². The topological polar surface area (TPSA) is 32.3 Å². The highest BCUT2D eigenvalue weighted by Crippen LogP contribution is 2.50. The van der Waals surface area contributed by atoms with Gasteiger partial charge in [0.25, 0.3) is 0 Å². The molecular formula is C25H40N2O. The Bertz CT molecular complexity index is 732. The predicted octanol–water partition coefficient (Wildman–Crippen LogP) is 5.31. The number of rotatable bonds is 4. The minimum atomic E-state index is 0. The molecule has 3 nitrogen and oxygen atoms in total. The van der Waals surface area contributed by atoms with E-state index in [9.17, 15) is 4.79 Å². The number of benzene rings is 1.